The summed E-state index contributed by atoms with van der Waals surface area (Å²) >= 11 is 0. The molecule has 1 aromatic carbocycles. The van der Waals surface area contributed by atoms with Gasteiger partial charge in [0.05, 0.1) is 6.54 Å². The van der Waals surface area contributed by atoms with Crippen LogP contribution in [0.15, 0.2) is 35.9 Å². The van der Waals surface area contributed by atoms with Gasteiger partial charge in [0.2, 0.25) is 0 Å². The number of aryl methyl sites for hydroxylation is 1. The molecule has 1 N–H and O–H groups in total. The van der Waals surface area contributed by atoms with E-state index in [9.17, 15) is 4.79 Å². The molecule has 19 heavy (non-hydrogen) atoms. The summed E-state index contributed by atoms with van der Waals surface area (Å²) in [5, 5.41) is 3.26. The second-order valence-electron chi connectivity index (χ2n) is 5.32. The van der Waals surface area contributed by atoms with Gasteiger partial charge >= 0.3 is 0 Å². The van der Waals surface area contributed by atoms with Crippen molar-refractivity contribution in [2.24, 2.45) is 0 Å². The minimum absolute atomic E-state index is 0.178. The third-order valence-electron chi connectivity index (χ3n) is 3.67. The molecular formula is C17H23NO. The van der Waals surface area contributed by atoms with Crippen molar-refractivity contribution in [2.45, 2.75) is 39.0 Å². The Morgan fingerprint density at radius 2 is 2.00 bits per heavy atom. The maximum absolute atomic E-state index is 11.9. The number of nitrogens with one attached hydrogen (secondary N) is 1. The van der Waals surface area contributed by atoms with Gasteiger partial charge in [-0.3, -0.25) is 4.79 Å². The number of hydrogen-bond acceptors (Lipinski definition) is 2. The maximum Gasteiger partial charge on any atom is 0.176 e. The minimum atomic E-state index is 0.178. The highest BCUT2D eigenvalue weighted by atomic mass is 16.1. The highest BCUT2D eigenvalue weighted by molar-refractivity contribution is 5.97. The smallest absolute Gasteiger partial charge is 0.176 e. The summed E-state index contributed by atoms with van der Waals surface area (Å²) in [6.07, 6.45) is 8.59. The number of allylic oxidation sites excluding steroid dienone is 1. The van der Waals surface area contributed by atoms with Crippen molar-refractivity contribution in [3.05, 3.63) is 47.0 Å². The third-order valence-corrected chi connectivity index (χ3v) is 3.67. The Balaban J connectivity index is 1.69. The van der Waals surface area contributed by atoms with Crippen LogP contribution >= 0.6 is 0 Å². The molecule has 0 atom stereocenters. The average molecular weight is 257 g/mol. The third kappa shape index (κ3) is 4.64. The largest absolute Gasteiger partial charge is 0.309 e. The number of Topliss-reactive ketones (excluding diaryl/α,β-unsaturated/α-hetero) is 1. The fraction of sp³-hybridized carbons (Fsp3) is 0.471. The molecule has 0 spiro atoms. The van der Waals surface area contributed by atoms with E-state index in [4.69, 9.17) is 0 Å². The first-order valence-electron chi connectivity index (χ1n) is 7.24. The van der Waals surface area contributed by atoms with E-state index in [2.05, 4.69) is 11.4 Å². The molecule has 0 amide bonds. The summed E-state index contributed by atoms with van der Waals surface area (Å²) in [4.78, 5) is 11.9. The Labute approximate surface area is 115 Å². The normalized spacial score (nSPS) is 15.1. The van der Waals surface area contributed by atoms with E-state index in [1.165, 1.54) is 31.2 Å². The Morgan fingerprint density at radius 3 is 2.68 bits per heavy atom. The second kappa shape index (κ2) is 7.25. The fourth-order valence-electron chi connectivity index (χ4n) is 2.42. The number of carbonyl (C=O) groups is 1. The zero-order chi connectivity index (χ0) is 13.5. The van der Waals surface area contributed by atoms with Crippen LogP contribution in [0.4, 0.5) is 0 Å². The van der Waals surface area contributed by atoms with Crippen molar-refractivity contribution in [3.63, 3.8) is 0 Å². The van der Waals surface area contributed by atoms with Crippen LogP contribution in [0, 0.1) is 6.92 Å². The molecule has 2 rings (SSSR count). The summed E-state index contributed by atoms with van der Waals surface area (Å²) in [7, 11) is 0. The zero-order valence-electron chi connectivity index (χ0n) is 11.7. The predicted octanol–water partition coefficient (Wildman–Crippen LogP) is 3.66. The molecule has 0 aromatic heterocycles. The van der Waals surface area contributed by atoms with Crippen molar-refractivity contribution in [1.82, 2.24) is 5.32 Å². The number of ketones is 1. The van der Waals surface area contributed by atoms with E-state index >= 15 is 0 Å². The Morgan fingerprint density at radius 1 is 1.21 bits per heavy atom. The molecule has 0 radical (unpaired) electrons. The van der Waals surface area contributed by atoms with Crippen molar-refractivity contribution in [2.75, 3.05) is 13.1 Å². The molecule has 0 heterocycles. The van der Waals surface area contributed by atoms with E-state index in [-0.39, 0.29) is 5.78 Å². The van der Waals surface area contributed by atoms with Gasteiger partial charge in [-0.15, -0.1) is 0 Å². The van der Waals surface area contributed by atoms with Crippen LogP contribution in [0.3, 0.4) is 0 Å². The van der Waals surface area contributed by atoms with Crippen LogP contribution in [0.5, 0.6) is 0 Å². The quantitative estimate of drug-likeness (QED) is 0.479. The lowest BCUT2D eigenvalue weighted by molar-refractivity contribution is 0.0991. The summed E-state index contributed by atoms with van der Waals surface area (Å²) in [6, 6.07) is 7.78. The highest BCUT2D eigenvalue weighted by Gasteiger charge is 2.06. The van der Waals surface area contributed by atoms with Crippen LogP contribution in [-0.2, 0) is 0 Å². The van der Waals surface area contributed by atoms with Gasteiger partial charge in [-0.25, -0.2) is 0 Å². The molecule has 1 aromatic rings. The number of rotatable bonds is 6. The number of hydrogen-bond donors (Lipinski definition) is 1. The zero-order valence-corrected chi connectivity index (χ0v) is 11.7. The Bertz CT molecular complexity index is 445. The molecule has 0 unspecified atom stereocenters. The van der Waals surface area contributed by atoms with E-state index in [1.807, 2.05) is 31.2 Å². The Hall–Kier alpha value is -1.41. The van der Waals surface area contributed by atoms with Crippen LogP contribution in [0.1, 0.15) is 48.0 Å². The SMILES string of the molecule is Cc1ccc(C(=O)CNCCC2=CCCCC2)cc1. The van der Waals surface area contributed by atoms with Crippen molar-refractivity contribution in [1.29, 1.82) is 0 Å². The molecule has 0 fully saturated rings. The predicted molar refractivity (Wildman–Crippen MR) is 79.5 cm³/mol. The lowest BCUT2D eigenvalue weighted by Crippen LogP contribution is -2.24. The summed E-state index contributed by atoms with van der Waals surface area (Å²) in [6.45, 7) is 3.38. The van der Waals surface area contributed by atoms with Crippen molar-refractivity contribution >= 4 is 5.78 Å². The second-order valence-corrected chi connectivity index (χ2v) is 5.32. The molecule has 2 heteroatoms. The summed E-state index contributed by atoms with van der Waals surface area (Å²) in [5.74, 6) is 0.178. The van der Waals surface area contributed by atoms with E-state index in [0.29, 0.717) is 6.54 Å². The van der Waals surface area contributed by atoms with Crippen LogP contribution in [0.25, 0.3) is 0 Å². The van der Waals surface area contributed by atoms with Gasteiger partial charge in [0.15, 0.2) is 5.78 Å². The number of carbonyl (C=O) groups excluding carboxylic acids is 1. The molecule has 0 saturated heterocycles. The summed E-state index contributed by atoms with van der Waals surface area (Å²) < 4.78 is 0. The molecule has 0 bridgehead atoms. The van der Waals surface area contributed by atoms with Gasteiger partial charge in [-0.2, -0.15) is 0 Å². The maximum atomic E-state index is 11.9. The van der Waals surface area contributed by atoms with Crippen LogP contribution < -0.4 is 5.32 Å². The summed E-state index contributed by atoms with van der Waals surface area (Å²) in [5.41, 5.74) is 3.55. The van der Waals surface area contributed by atoms with Crippen molar-refractivity contribution < 1.29 is 4.79 Å². The molecule has 1 aliphatic carbocycles. The van der Waals surface area contributed by atoms with Crippen LogP contribution in [-0.4, -0.2) is 18.9 Å². The highest BCUT2D eigenvalue weighted by Crippen LogP contribution is 2.19. The first kappa shape index (κ1) is 14.0. The van der Waals surface area contributed by atoms with E-state index < -0.39 is 0 Å². The molecule has 102 valence electrons. The average Bonchev–Trinajstić information content (AvgIpc) is 2.45. The topological polar surface area (TPSA) is 29.1 Å². The monoisotopic (exact) mass is 257 g/mol. The molecular weight excluding hydrogens is 234 g/mol. The van der Waals surface area contributed by atoms with E-state index in [1.54, 1.807) is 5.57 Å². The molecule has 2 nitrogen and oxygen atoms in total. The molecule has 0 saturated carbocycles. The molecule has 1 aliphatic rings. The lowest BCUT2D eigenvalue weighted by Gasteiger charge is -2.12. The number of benzene rings is 1. The lowest BCUT2D eigenvalue weighted by atomic mass is 9.97. The van der Waals surface area contributed by atoms with Gasteiger partial charge in [0.25, 0.3) is 0 Å². The first-order valence-corrected chi connectivity index (χ1v) is 7.24. The van der Waals surface area contributed by atoms with E-state index in [0.717, 1.165) is 18.5 Å². The van der Waals surface area contributed by atoms with Gasteiger partial charge in [0.1, 0.15) is 0 Å². The van der Waals surface area contributed by atoms with Crippen LogP contribution in [0.2, 0.25) is 0 Å². The van der Waals surface area contributed by atoms with Gasteiger partial charge in [-0.1, -0.05) is 41.5 Å². The standard InChI is InChI=1S/C17H23NO/c1-14-7-9-16(10-8-14)17(19)13-18-12-11-15-5-3-2-4-6-15/h5,7-10,18H,2-4,6,11-13H2,1H3. The van der Waals surface area contributed by atoms with Gasteiger partial charge in [0, 0.05) is 5.56 Å². The van der Waals surface area contributed by atoms with Gasteiger partial charge < -0.3 is 5.32 Å². The van der Waals surface area contributed by atoms with Crippen molar-refractivity contribution in [3.8, 4) is 0 Å². The minimum Gasteiger partial charge on any atom is -0.309 e. The molecule has 0 aliphatic heterocycles. The van der Waals surface area contributed by atoms with Gasteiger partial charge in [-0.05, 0) is 45.6 Å². The fourth-order valence-corrected chi connectivity index (χ4v) is 2.42. The first-order chi connectivity index (χ1) is 9.25. The Kier molecular flexibility index (Phi) is 5.34.